The van der Waals surface area contributed by atoms with Gasteiger partial charge in [0.15, 0.2) is 11.4 Å². The zero-order chi connectivity index (χ0) is 23.6. The molecule has 166 valence electrons. The Morgan fingerprint density at radius 2 is 1.20 bits per heavy atom. The van der Waals surface area contributed by atoms with Gasteiger partial charge in [-0.2, -0.15) is 5.43 Å². The molecule has 4 heteroatoms. The summed E-state index contributed by atoms with van der Waals surface area (Å²) in [4.78, 5) is 4.07. The van der Waals surface area contributed by atoms with Gasteiger partial charge in [0.2, 0.25) is 5.71 Å². The van der Waals surface area contributed by atoms with Crippen LogP contribution in [0.3, 0.4) is 0 Å². The minimum absolute atomic E-state index is 0.647. The van der Waals surface area contributed by atoms with Gasteiger partial charge in [-0.1, -0.05) is 84.0 Å². The first-order chi connectivity index (χ1) is 17.3. The lowest BCUT2D eigenvalue weighted by molar-refractivity contribution is -0.577. The van der Waals surface area contributed by atoms with Crippen molar-refractivity contribution in [1.82, 2.24) is 4.98 Å². The van der Waals surface area contributed by atoms with Crippen LogP contribution in [0.5, 0.6) is 0 Å². The summed E-state index contributed by atoms with van der Waals surface area (Å²) < 4.78 is 0. The average molecular weight is 453 g/mol. The van der Waals surface area contributed by atoms with E-state index in [9.17, 15) is 0 Å². The second kappa shape index (κ2) is 8.93. The molecule has 4 aromatic carbocycles. The molecule has 0 saturated heterocycles. The fourth-order valence-electron chi connectivity index (χ4n) is 4.76. The molecule has 1 aliphatic rings. The maximum atomic E-state index is 6.33. The second-order valence-electron chi connectivity index (χ2n) is 8.52. The molecule has 4 N–H and O–H groups in total. The summed E-state index contributed by atoms with van der Waals surface area (Å²) in [5, 5.41) is 15.9. The van der Waals surface area contributed by atoms with Crippen LogP contribution in [-0.4, -0.2) is 16.4 Å². The molecule has 6 rings (SSSR count). The van der Waals surface area contributed by atoms with Crippen LogP contribution < -0.4 is 10.8 Å². The Balaban J connectivity index is 1.58. The van der Waals surface area contributed by atoms with Crippen molar-refractivity contribution in [3.05, 3.63) is 127 Å². The lowest BCUT2D eigenvalue weighted by Gasteiger charge is -2.18. The molecule has 1 heterocycles. The molecular formula is C31H24N4+2. The largest absolute Gasteiger partial charge is 0.264 e. The molecule has 0 aliphatic heterocycles. The lowest BCUT2D eigenvalue weighted by atomic mass is 9.84. The van der Waals surface area contributed by atoms with E-state index in [1.807, 2.05) is 23.6 Å². The number of nitrogens with zero attached hydrogens (tertiary/aromatic N) is 2. The van der Waals surface area contributed by atoms with Crippen LogP contribution in [0.4, 0.5) is 5.69 Å². The first kappa shape index (κ1) is 20.9. The van der Waals surface area contributed by atoms with E-state index < -0.39 is 0 Å². The molecule has 0 radical (unpaired) electrons. The van der Waals surface area contributed by atoms with E-state index in [1.54, 1.807) is 12.4 Å². The summed E-state index contributed by atoms with van der Waals surface area (Å²) in [6, 6.07) is 31.8. The number of pyridine rings is 1. The van der Waals surface area contributed by atoms with Gasteiger partial charge in [0.1, 0.15) is 0 Å². The summed E-state index contributed by atoms with van der Waals surface area (Å²) in [5.74, 6) is 0. The summed E-state index contributed by atoms with van der Waals surface area (Å²) in [7, 11) is 0. The third kappa shape index (κ3) is 3.86. The van der Waals surface area contributed by atoms with Gasteiger partial charge in [-0.15, -0.1) is 0 Å². The maximum absolute atomic E-state index is 6.33. The molecule has 0 spiro atoms. The number of rotatable bonds is 4. The number of quaternary nitrogens is 1. The van der Waals surface area contributed by atoms with E-state index in [1.165, 1.54) is 38.2 Å². The highest BCUT2D eigenvalue weighted by Crippen LogP contribution is 2.42. The van der Waals surface area contributed by atoms with Gasteiger partial charge >= 0.3 is 0 Å². The van der Waals surface area contributed by atoms with E-state index in [0.29, 0.717) is 5.71 Å². The third-order valence-corrected chi connectivity index (χ3v) is 6.37. The molecule has 0 bridgehead atoms. The Kier molecular flexibility index (Phi) is 5.34. The molecule has 0 amide bonds. The van der Waals surface area contributed by atoms with Gasteiger partial charge in [0, 0.05) is 30.6 Å². The van der Waals surface area contributed by atoms with E-state index >= 15 is 0 Å². The summed E-state index contributed by atoms with van der Waals surface area (Å²) >= 11 is 0. The second-order valence-corrected chi connectivity index (χ2v) is 8.52. The first-order valence-corrected chi connectivity index (χ1v) is 11.6. The topological polar surface area (TPSA) is 67.5 Å². The molecule has 0 unspecified atom stereocenters. The smallest absolute Gasteiger partial charge is 0.228 e. The molecular weight excluding hydrogens is 428 g/mol. The van der Waals surface area contributed by atoms with Crippen molar-refractivity contribution in [2.45, 2.75) is 0 Å². The number of nitrogens with two attached hydrogens (primary N) is 2. The van der Waals surface area contributed by atoms with E-state index in [0.717, 1.165) is 17.0 Å². The monoisotopic (exact) mass is 452 g/mol. The number of fused-ring (bicyclic) bond motifs is 2. The Hall–Kier alpha value is -4.67. The molecule has 0 atom stereocenters. The standard InChI is InChI=1S/C31H22N4/c32-28-15-14-22(20-29(28)35-34-23-16-18-33-19-17-23)31-26-12-6-4-10-24(26)30(21-8-2-1-3-9-21)25-11-5-7-13-27(25)31/h1-20,32H,(H,33,34)/p+2. The zero-order valence-electron chi connectivity index (χ0n) is 19.1. The quantitative estimate of drug-likeness (QED) is 0.180. The van der Waals surface area contributed by atoms with Crippen molar-refractivity contribution in [2.24, 2.45) is 5.10 Å². The molecule has 35 heavy (non-hydrogen) atoms. The van der Waals surface area contributed by atoms with Crippen LogP contribution in [0, 0.1) is 0 Å². The predicted octanol–water partition coefficient (Wildman–Crippen LogP) is 4.46. The number of aromatic nitrogens is 1. The van der Waals surface area contributed by atoms with Crippen LogP contribution >= 0.6 is 0 Å². The lowest BCUT2D eigenvalue weighted by Crippen LogP contribution is -2.72. The van der Waals surface area contributed by atoms with Gasteiger partial charge in [-0.25, -0.2) is 0 Å². The highest BCUT2D eigenvalue weighted by molar-refractivity contribution is 6.50. The van der Waals surface area contributed by atoms with Crippen molar-refractivity contribution in [3.8, 4) is 11.1 Å². The van der Waals surface area contributed by atoms with Gasteiger partial charge in [0.25, 0.3) is 0 Å². The molecule has 5 aromatic rings. The van der Waals surface area contributed by atoms with Crippen molar-refractivity contribution >= 4 is 44.2 Å². The fourth-order valence-corrected chi connectivity index (χ4v) is 4.76. The van der Waals surface area contributed by atoms with Crippen molar-refractivity contribution in [1.29, 1.82) is 0 Å². The highest BCUT2D eigenvalue weighted by atomic mass is 15.3. The van der Waals surface area contributed by atoms with E-state index in [4.69, 9.17) is 10.5 Å². The van der Waals surface area contributed by atoms with Crippen molar-refractivity contribution < 1.29 is 10.8 Å². The van der Waals surface area contributed by atoms with Crippen LogP contribution in [0.2, 0.25) is 0 Å². The van der Waals surface area contributed by atoms with Crippen LogP contribution in [0.1, 0.15) is 5.56 Å². The van der Waals surface area contributed by atoms with Gasteiger partial charge in [0.05, 0.1) is 0 Å². The van der Waals surface area contributed by atoms with Gasteiger partial charge in [-0.3, -0.25) is 10.4 Å². The highest BCUT2D eigenvalue weighted by Gasteiger charge is 2.21. The van der Waals surface area contributed by atoms with Crippen molar-refractivity contribution in [3.63, 3.8) is 0 Å². The Morgan fingerprint density at radius 3 is 1.83 bits per heavy atom. The minimum atomic E-state index is 0.647. The molecule has 0 fully saturated rings. The predicted molar refractivity (Wildman–Crippen MR) is 144 cm³/mol. The Bertz CT molecular complexity index is 1610. The number of allylic oxidation sites excluding steroid dienone is 4. The molecule has 0 saturated carbocycles. The zero-order valence-corrected chi connectivity index (χ0v) is 19.1. The number of hydrogen-bond donors (Lipinski definition) is 2. The summed E-state index contributed by atoms with van der Waals surface area (Å²) in [6.45, 7) is 0. The van der Waals surface area contributed by atoms with E-state index in [-0.39, 0.29) is 0 Å². The van der Waals surface area contributed by atoms with Gasteiger partial charge < -0.3 is 0 Å². The van der Waals surface area contributed by atoms with Crippen LogP contribution in [0.25, 0.3) is 38.2 Å². The SMILES string of the molecule is [NH2+]=C1C=CC(c2c3ccccc3c(-c3ccccc3)c3ccccc23)=CC1=N[NH2+]c1ccncc1. The van der Waals surface area contributed by atoms with Gasteiger partial charge in [-0.05, 0) is 56.0 Å². The number of hydrogen-bond acceptors (Lipinski definition) is 2. The molecule has 1 aromatic heterocycles. The fraction of sp³-hybridized carbons (Fsp3) is 0. The molecule has 4 nitrogen and oxygen atoms in total. The normalized spacial score (nSPS) is 14.6. The van der Waals surface area contributed by atoms with Crippen molar-refractivity contribution in [2.75, 3.05) is 0 Å². The average Bonchev–Trinajstić information content (AvgIpc) is 2.92. The van der Waals surface area contributed by atoms with Crippen LogP contribution in [-0.2, 0) is 0 Å². The third-order valence-electron chi connectivity index (χ3n) is 6.37. The van der Waals surface area contributed by atoms with Crippen LogP contribution in [0.15, 0.2) is 127 Å². The maximum Gasteiger partial charge on any atom is 0.228 e. The Labute approximate surface area is 203 Å². The Morgan fingerprint density at radius 1 is 0.629 bits per heavy atom. The minimum Gasteiger partial charge on any atom is -0.264 e. The summed E-state index contributed by atoms with van der Waals surface area (Å²) in [5.41, 5.74) is 8.95. The van der Waals surface area contributed by atoms with E-state index in [2.05, 4.69) is 96.0 Å². The first-order valence-electron chi connectivity index (χ1n) is 11.6. The number of benzene rings is 4. The summed E-state index contributed by atoms with van der Waals surface area (Å²) in [6.07, 6.45) is 9.64. The molecule has 1 aliphatic carbocycles.